The molecule has 0 aromatic heterocycles. The predicted octanol–water partition coefficient (Wildman–Crippen LogP) is 1.18. The lowest BCUT2D eigenvalue weighted by Crippen LogP contribution is -2.43. The van der Waals surface area contributed by atoms with Crippen LogP contribution in [0.15, 0.2) is 18.0 Å². The van der Waals surface area contributed by atoms with Crippen LogP contribution in [-0.2, 0) is 9.84 Å². The van der Waals surface area contributed by atoms with Gasteiger partial charge in [0.15, 0.2) is 9.84 Å². The zero-order valence-electron chi connectivity index (χ0n) is 9.06. The lowest BCUT2D eigenvalue weighted by atomic mass is 10.2. The van der Waals surface area contributed by atoms with Gasteiger partial charge in [-0.1, -0.05) is 0 Å². The van der Waals surface area contributed by atoms with Crippen molar-refractivity contribution in [1.82, 2.24) is 4.90 Å². The third kappa shape index (κ3) is 1.86. The summed E-state index contributed by atoms with van der Waals surface area (Å²) < 4.78 is 23.9. The van der Waals surface area contributed by atoms with E-state index in [0.717, 1.165) is 0 Å². The van der Waals surface area contributed by atoms with Gasteiger partial charge in [0.25, 0.3) is 0 Å². The summed E-state index contributed by atoms with van der Waals surface area (Å²) in [6, 6.07) is -0.0105. The van der Waals surface area contributed by atoms with E-state index in [0.29, 0.717) is 0 Å². The van der Waals surface area contributed by atoms with Gasteiger partial charge in [-0.15, -0.1) is 5.73 Å². The molecule has 2 unspecified atom stereocenters. The summed E-state index contributed by atoms with van der Waals surface area (Å²) in [5.74, 6) is 0. The molecule has 80 valence electrons. The highest BCUT2D eigenvalue weighted by Crippen LogP contribution is 2.19. The Kier molecular flexibility index (Phi) is 3.07. The van der Waals surface area contributed by atoms with E-state index in [9.17, 15) is 8.42 Å². The lowest BCUT2D eigenvalue weighted by Gasteiger charge is -2.31. The zero-order chi connectivity index (χ0) is 10.9. The van der Waals surface area contributed by atoms with Gasteiger partial charge in [0.1, 0.15) is 5.25 Å². The van der Waals surface area contributed by atoms with Gasteiger partial charge >= 0.3 is 0 Å². The van der Waals surface area contributed by atoms with Crippen LogP contribution in [0.2, 0.25) is 0 Å². The first-order chi connectivity index (χ1) is 6.37. The molecular formula is C10H17NO2S. The summed E-state index contributed by atoms with van der Waals surface area (Å²) in [6.07, 6.45) is 3.43. The minimum atomic E-state index is -3.06. The number of hydrogen-bond donors (Lipinski definition) is 0. The van der Waals surface area contributed by atoms with Crippen LogP contribution in [0, 0.1) is 0 Å². The van der Waals surface area contributed by atoms with Crippen LogP contribution in [-0.4, -0.2) is 36.9 Å². The maximum Gasteiger partial charge on any atom is 0.161 e. The molecule has 1 aliphatic heterocycles. The first-order valence-electron chi connectivity index (χ1n) is 4.74. The van der Waals surface area contributed by atoms with Crippen LogP contribution in [0.1, 0.15) is 20.8 Å². The third-order valence-electron chi connectivity index (χ3n) is 2.69. The van der Waals surface area contributed by atoms with Crippen LogP contribution in [0.5, 0.6) is 0 Å². The van der Waals surface area contributed by atoms with Gasteiger partial charge in [0.05, 0.1) is 5.25 Å². The highest BCUT2D eigenvalue weighted by Gasteiger charge is 2.33. The molecule has 1 aliphatic rings. The average molecular weight is 215 g/mol. The first kappa shape index (κ1) is 11.3. The average Bonchev–Trinajstić information content (AvgIpc) is 2.09. The Balaban J connectivity index is 3.07. The molecule has 0 aromatic rings. The van der Waals surface area contributed by atoms with Crippen molar-refractivity contribution in [2.45, 2.75) is 37.3 Å². The number of nitrogens with zero attached hydrogens (tertiary/aromatic N) is 1. The van der Waals surface area contributed by atoms with Crippen molar-refractivity contribution in [3.05, 3.63) is 18.0 Å². The molecule has 1 rings (SSSR count). The van der Waals surface area contributed by atoms with Crippen molar-refractivity contribution >= 4 is 9.84 Å². The van der Waals surface area contributed by atoms with Crippen LogP contribution >= 0.6 is 0 Å². The fourth-order valence-corrected chi connectivity index (χ4v) is 3.07. The summed E-state index contributed by atoms with van der Waals surface area (Å²) >= 11 is 0. The molecule has 3 nitrogen and oxygen atoms in total. The van der Waals surface area contributed by atoms with Gasteiger partial charge in [-0.3, -0.25) is 0 Å². The van der Waals surface area contributed by atoms with Crippen LogP contribution < -0.4 is 0 Å². The Morgan fingerprint density at radius 2 is 2.00 bits per heavy atom. The molecule has 0 N–H and O–H groups in total. The third-order valence-corrected chi connectivity index (χ3v) is 5.30. The van der Waals surface area contributed by atoms with Gasteiger partial charge in [0, 0.05) is 19.3 Å². The molecule has 14 heavy (non-hydrogen) atoms. The van der Waals surface area contributed by atoms with E-state index in [1.54, 1.807) is 26.1 Å². The number of sulfone groups is 1. The van der Waals surface area contributed by atoms with E-state index in [2.05, 4.69) is 5.73 Å². The van der Waals surface area contributed by atoms with Gasteiger partial charge in [-0.2, -0.15) is 0 Å². The maximum atomic E-state index is 11.9. The van der Waals surface area contributed by atoms with E-state index in [4.69, 9.17) is 0 Å². The molecule has 0 saturated carbocycles. The van der Waals surface area contributed by atoms with Gasteiger partial charge in [-0.25, -0.2) is 8.42 Å². The zero-order valence-corrected chi connectivity index (χ0v) is 9.88. The molecule has 0 bridgehead atoms. The monoisotopic (exact) mass is 215 g/mol. The highest BCUT2D eigenvalue weighted by molar-refractivity contribution is 7.92. The summed E-state index contributed by atoms with van der Waals surface area (Å²) in [5, 5.41) is -0.767. The Hall–Kier alpha value is -0.730. The lowest BCUT2D eigenvalue weighted by molar-refractivity contribution is 0.346. The van der Waals surface area contributed by atoms with Crippen LogP contribution in [0.3, 0.4) is 0 Å². The van der Waals surface area contributed by atoms with E-state index in [1.165, 1.54) is 0 Å². The largest absolute Gasteiger partial charge is 0.370 e. The topological polar surface area (TPSA) is 37.4 Å². The van der Waals surface area contributed by atoms with Gasteiger partial charge in [-0.05, 0) is 26.8 Å². The molecule has 0 spiro atoms. The highest BCUT2D eigenvalue weighted by atomic mass is 32.2. The van der Waals surface area contributed by atoms with Crippen molar-refractivity contribution in [1.29, 1.82) is 0 Å². The predicted molar refractivity (Wildman–Crippen MR) is 57.7 cm³/mol. The fraction of sp³-hybridized carbons (Fsp3) is 0.700. The molecular weight excluding hydrogens is 198 g/mol. The molecule has 0 aliphatic carbocycles. The SMILES string of the molecule is CC1C(S(=O)(=O)C(C)C)C=C=CN1C. The second-order valence-electron chi connectivity index (χ2n) is 3.97. The Labute approximate surface area is 86.0 Å². The van der Waals surface area contributed by atoms with Crippen molar-refractivity contribution in [2.24, 2.45) is 0 Å². The van der Waals surface area contributed by atoms with Gasteiger partial charge in [0.2, 0.25) is 0 Å². The summed E-state index contributed by atoms with van der Waals surface area (Å²) in [7, 11) is -1.19. The van der Waals surface area contributed by atoms with Crippen molar-refractivity contribution in [3.8, 4) is 0 Å². The maximum absolute atomic E-state index is 11.9. The number of hydrogen-bond acceptors (Lipinski definition) is 3. The Bertz CT molecular complexity index is 364. The molecule has 0 fully saturated rings. The van der Waals surface area contributed by atoms with Crippen LogP contribution in [0.4, 0.5) is 0 Å². The minimum Gasteiger partial charge on any atom is -0.370 e. The fourth-order valence-electron chi connectivity index (χ4n) is 1.43. The quantitative estimate of drug-likeness (QED) is 0.649. The minimum absolute atomic E-state index is 0.0105. The standard InChI is InChI=1S/C10H17NO2S/c1-8(2)14(12,13)10-6-5-7-11(4)9(10)3/h6-10H,1-4H3. The first-order valence-corrected chi connectivity index (χ1v) is 6.35. The molecule has 0 amide bonds. The molecule has 0 radical (unpaired) electrons. The van der Waals surface area contributed by atoms with Gasteiger partial charge < -0.3 is 4.90 Å². The Morgan fingerprint density at radius 3 is 2.50 bits per heavy atom. The Morgan fingerprint density at radius 1 is 1.43 bits per heavy atom. The van der Waals surface area contributed by atoms with E-state index < -0.39 is 15.1 Å². The molecule has 4 heteroatoms. The number of rotatable bonds is 2. The van der Waals surface area contributed by atoms with E-state index in [-0.39, 0.29) is 11.3 Å². The molecule has 2 atom stereocenters. The van der Waals surface area contributed by atoms with E-state index in [1.807, 2.05) is 18.9 Å². The summed E-state index contributed by atoms with van der Waals surface area (Å²) in [6.45, 7) is 5.35. The molecule has 0 saturated heterocycles. The van der Waals surface area contributed by atoms with E-state index >= 15 is 0 Å². The van der Waals surface area contributed by atoms with Crippen LogP contribution in [0.25, 0.3) is 0 Å². The summed E-state index contributed by atoms with van der Waals surface area (Å²) in [5.41, 5.74) is 2.87. The second-order valence-corrected chi connectivity index (χ2v) is 6.64. The smallest absolute Gasteiger partial charge is 0.161 e. The second kappa shape index (κ2) is 3.79. The van der Waals surface area contributed by atoms with Crippen molar-refractivity contribution < 1.29 is 8.42 Å². The van der Waals surface area contributed by atoms with Crippen molar-refractivity contribution in [2.75, 3.05) is 7.05 Å². The molecule has 1 heterocycles. The molecule has 0 aromatic carbocycles. The summed E-state index contributed by atoms with van der Waals surface area (Å²) in [4.78, 5) is 1.88. The van der Waals surface area contributed by atoms with Crippen molar-refractivity contribution in [3.63, 3.8) is 0 Å². The normalized spacial score (nSPS) is 27.4.